The number of carbonyl (C=O) groups excluding carboxylic acids is 1. The summed E-state index contributed by atoms with van der Waals surface area (Å²) in [6.07, 6.45) is 0.689. The molecule has 18 heavy (non-hydrogen) atoms. The highest BCUT2D eigenvalue weighted by Gasteiger charge is 2.29. The van der Waals surface area contributed by atoms with Gasteiger partial charge < -0.3 is 15.4 Å². The third-order valence-electron chi connectivity index (χ3n) is 2.67. The molecule has 0 bridgehead atoms. The molecule has 0 saturated carbocycles. The maximum Gasteiger partial charge on any atom is 0.408 e. The van der Waals surface area contributed by atoms with Gasteiger partial charge in [0.05, 0.1) is 5.54 Å². The van der Waals surface area contributed by atoms with Gasteiger partial charge in [0.15, 0.2) is 0 Å². The second kappa shape index (κ2) is 7.34. The summed E-state index contributed by atoms with van der Waals surface area (Å²) in [5.41, 5.74) is -0.818. The van der Waals surface area contributed by atoms with E-state index in [1.807, 2.05) is 34.6 Å². The van der Waals surface area contributed by atoms with Crippen molar-refractivity contribution in [2.75, 3.05) is 11.9 Å². The molecular weight excluding hydrogens is 296 g/mol. The summed E-state index contributed by atoms with van der Waals surface area (Å²) in [5.74, 6) is 0. The predicted octanol–water partition coefficient (Wildman–Crippen LogP) is 3.05. The molecule has 0 radical (unpaired) electrons. The molecule has 108 valence electrons. The van der Waals surface area contributed by atoms with Crippen LogP contribution in [0.1, 0.15) is 48.0 Å². The van der Waals surface area contributed by atoms with Gasteiger partial charge in [-0.2, -0.15) is 0 Å². The van der Waals surface area contributed by atoms with Gasteiger partial charge in [0.2, 0.25) is 0 Å². The van der Waals surface area contributed by atoms with Crippen molar-refractivity contribution in [2.24, 2.45) is 0 Å². The quantitative estimate of drug-likeness (QED) is 0.583. The largest absolute Gasteiger partial charge is 0.444 e. The fraction of sp³-hybridized carbons (Fsp3) is 0.923. The molecule has 5 heteroatoms. The molecule has 0 fully saturated rings. The van der Waals surface area contributed by atoms with Crippen LogP contribution in [0.3, 0.4) is 0 Å². The lowest BCUT2D eigenvalue weighted by molar-refractivity contribution is 0.0453. The van der Waals surface area contributed by atoms with Crippen LogP contribution in [0.15, 0.2) is 0 Å². The number of alkyl carbamates (subject to hydrolysis) is 1. The zero-order valence-electron chi connectivity index (χ0n) is 12.4. The van der Waals surface area contributed by atoms with Gasteiger partial charge in [-0.1, -0.05) is 15.9 Å². The molecule has 1 unspecified atom stereocenters. The minimum Gasteiger partial charge on any atom is -0.444 e. The number of alkyl halides is 1. The minimum absolute atomic E-state index is 0.170. The Morgan fingerprint density at radius 1 is 1.28 bits per heavy atom. The van der Waals surface area contributed by atoms with Crippen LogP contribution in [0.2, 0.25) is 0 Å². The topological polar surface area (TPSA) is 50.4 Å². The van der Waals surface area contributed by atoms with Crippen molar-refractivity contribution in [3.05, 3.63) is 0 Å². The summed E-state index contributed by atoms with van der Waals surface area (Å²) >= 11 is 3.39. The molecule has 0 aliphatic carbocycles. The Labute approximate surface area is 119 Å². The molecule has 0 aromatic carbocycles. The van der Waals surface area contributed by atoms with Gasteiger partial charge in [-0.15, -0.1) is 0 Å². The van der Waals surface area contributed by atoms with Crippen LogP contribution in [0, 0.1) is 0 Å². The van der Waals surface area contributed by atoms with Crippen molar-refractivity contribution in [1.82, 2.24) is 10.6 Å². The first-order valence-electron chi connectivity index (χ1n) is 6.39. The van der Waals surface area contributed by atoms with Crippen LogP contribution in [0.4, 0.5) is 4.79 Å². The van der Waals surface area contributed by atoms with Crippen molar-refractivity contribution in [1.29, 1.82) is 0 Å². The van der Waals surface area contributed by atoms with E-state index in [1.54, 1.807) is 0 Å². The lowest BCUT2D eigenvalue weighted by Crippen LogP contribution is -2.57. The first kappa shape index (κ1) is 17.7. The van der Waals surface area contributed by atoms with Gasteiger partial charge in [0, 0.05) is 11.4 Å². The third-order valence-corrected chi connectivity index (χ3v) is 3.23. The van der Waals surface area contributed by atoms with Gasteiger partial charge in [-0.3, -0.25) is 0 Å². The molecule has 1 amide bonds. The Hall–Kier alpha value is -0.290. The van der Waals surface area contributed by atoms with Crippen LogP contribution in [0.25, 0.3) is 0 Å². The van der Waals surface area contributed by atoms with E-state index < -0.39 is 5.60 Å². The summed E-state index contributed by atoms with van der Waals surface area (Å²) in [7, 11) is 0. The summed E-state index contributed by atoms with van der Waals surface area (Å²) in [4.78, 5) is 11.7. The van der Waals surface area contributed by atoms with E-state index in [1.165, 1.54) is 0 Å². The van der Waals surface area contributed by atoms with Gasteiger partial charge in [-0.25, -0.2) is 4.79 Å². The Bertz CT molecular complexity index is 262. The third kappa shape index (κ3) is 7.93. The van der Waals surface area contributed by atoms with E-state index in [-0.39, 0.29) is 17.7 Å². The Balaban J connectivity index is 4.23. The normalized spacial score (nSPS) is 14.2. The molecule has 0 heterocycles. The summed E-state index contributed by atoms with van der Waals surface area (Å²) in [5, 5.41) is 7.27. The summed E-state index contributed by atoms with van der Waals surface area (Å²) in [6.45, 7) is 12.5. The van der Waals surface area contributed by atoms with Gasteiger partial charge in [0.25, 0.3) is 0 Å². The van der Waals surface area contributed by atoms with Crippen molar-refractivity contribution >= 4 is 22.0 Å². The summed E-state index contributed by atoms with van der Waals surface area (Å²) < 4.78 is 5.26. The van der Waals surface area contributed by atoms with Crippen LogP contribution in [0.5, 0.6) is 0 Å². The van der Waals surface area contributed by atoms with Crippen LogP contribution in [-0.4, -0.2) is 35.1 Å². The molecule has 4 nitrogen and oxygen atoms in total. The highest BCUT2D eigenvalue weighted by molar-refractivity contribution is 9.09. The zero-order valence-corrected chi connectivity index (χ0v) is 14.0. The Morgan fingerprint density at radius 2 is 1.83 bits per heavy atom. The number of carbonyl (C=O) groups is 1. The Kier molecular flexibility index (Phi) is 7.22. The van der Waals surface area contributed by atoms with Gasteiger partial charge in [0.1, 0.15) is 5.60 Å². The molecule has 0 rings (SSSR count). The molecule has 0 aliphatic rings. The highest BCUT2D eigenvalue weighted by atomic mass is 79.9. The van der Waals surface area contributed by atoms with E-state index in [4.69, 9.17) is 4.74 Å². The molecule has 0 aromatic heterocycles. The second-order valence-electron chi connectivity index (χ2n) is 6.07. The number of nitrogens with one attached hydrogen (secondary N) is 2. The SMILES string of the molecule is CC(NCCCBr)C(C)(C)NC(=O)OC(C)(C)C. The maximum absolute atomic E-state index is 11.7. The molecule has 2 N–H and O–H groups in total. The number of rotatable bonds is 6. The first-order chi connectivity index (χ1) is 8.08. The standard InChI is InChI=1S/C13H27BrN2O2/c1-10(15-9-7-8-14)13(5,6)16-11(17)18-12(2,3)4/h10,15H,7-9H2,1-6H3,(H,16,17). The molecule has 0 aliphatic heterocycles. The fourth-order valence-electron chi connectivity index (χ4n) is 1.32. The monoisotopic (exact) mass is 322 g/mol. The average Bonchev–Trinajstić information content (AvgIpc) is 2.13. The van der Waals surface area contributed by atoms with Crippen LogP contribution < -0.4 is 10.6 Å². The fourth-order valence-corrected chi connectivity index (χ4v) is 1.60. The smallest absolute Gasteiger partial charge is 0.408 e. The van der Waals surface area contributed by atoms with Crippen molar-refractivity contribution in [3.8, 4) is 0 Å². The molecule has 0 saturated heterocycles. The van der Waals surface area contributed by atoms with E-state index in [9.17, 15) is 4.79 Å². The molecule has 0 aromatic rings. The predicted molar refractivity (Wildman–Crippen MR) is 79.3 cm³/mol. The zero-order chi connectivity index (χ0) is 14.4. The highest BCUT2D eigenvalue weighted by Crippen LogP contribution is 2.12. The first-order valence-corrected chi connectivity index (χ1v) is 7.51. The van der Waals surface area contributed by atoms with E-state index >= 15 is 0 Å². The minimum atomic E-state index is -0.465. The van der Waals surface area contributed by atoms with E-state index in [0.717, 1.165) is 18.3 Å². The number of ether oxygens (including phenoxy) is 1. The number of amides is 1. The van der Waals surface area contributed by atoms with Crippen molar-refractivity contribution < 1.29 is 9.53 Å². The van der Waals surface area contributed by atoms with Crippen LogP contribution in [-0.2, 0) is 4.74 Å². The lowest BCUT2D eigenvalue weighted by Gasteiger charge is -2.34. The van der Waals surface area contributed by atoms with Crippen molar-refractivity contribution in [2.45, 2.75) is 65.1 Å². The van der Waals surface area contributed by atoms with E-state index in [2.05, 4.69) is 33.5 Å². The second-order valence-corrected chi connectivity index (χ2v) is 6.86. The molecular formula is C13H27BrN2O2. The number of hydrogen-bond acceptors (Lipinski definition) is 3. The Morgan fingerprint density at radius 3 is 2.28 bits per heavy atom. The van der Waals surface area contributed by atoms with Crippen molar-refractivity contribution in [3.63, 3.8) is 0 Å². The van der Waals surface area contributed by atoms with Crippen LogP contribution >= 0.6 is 15.9 Å². The summed E-state index contributed by atoms with van der Waals surface area (Å²) in [6, 6.07) is 0.170. The van der Waals surface area contributed by atoms with Gasteiger partial charge >= 0.3 is 6.09 Å². The maximum atomic E-state index is 11.7. The lowest BCUT2D eigenvalue weighted by atomic mass is 9.96. The van der Waals surface area contributed by atoms with Gasteiger partial charge in [-0.05, 0) is 54.5 Å². The molecule has 1 atom stereocenters. The van der Waals surface area contributed by atoms with E-state index in [0.29, 0.717) is 0 Å². The number of hydrogen-bond donors (Lipinski definition) is 2. The average molecular weight is 323 g/mol. The molecule has 0 spiro atoms. The number of halogens is 1.